The molecule has 0 spiro atoms. The highest BCUT2D eigenvalue weighted by Gasteiger charge is 2.36. The molecule has 1 aromatic heterocycles. The molecule has 0 bridgehead atoms. The maximum Gasteiger partial charge on any atom is 0.416 e. The van der Waals surface area contributed by atoms with Crippen molar-refractivity contribution >= 4 is 11.9 Å². The Balaban J connectivity index is 1.80. The first-order chi connectivity index (χ1) is 14.8. The minimum Gasteiger partial charge on any atom is -0.496 e. The van der Waals surface area contributed by atoms with Gasteiger partial charge in [-0.25, -0.2) is 4.79 Å². The van der Waals surface area contributed by atoms with Gasteiger partial charge in [-0.15, -0.1) is 0 Å². The van der Waals surface area contributed by atoms with E-state index in [1.165, 1.54) is 18.1 Å². The molecular formula is C23H26F3NO5. The van der Waals surface area contributed by atoms with Crippen LogP contribution in [0.2, 0.25) is 0 Å². The lowest BCUT2D eigenvalue weighted by Gasteiger charge is -2.24. The Morgan fingerprint density at radius 2 is 1.84 bits per heavy atom. The number of halogens is 3. The molecular weight excluding hydrogens is 427 g/mol. The van der Waals surface area contributed by atoms with E-state index in [1.54, 1.807) is 33.8 Å². The molecule has 1 aliphatic rings. The van der Waals surface area contributed by atoms with E-state index in [-0.39, 0.29) is 29.6 Å². The molecule has 1 aliphatic heterocycles. The summed E-state index contributed by atoms with van der Waals surface area (Å²) in [5.41, 5.74) is -0.563. The van der Waals surface area contributed by atoms with Crippen LogP contribution in [0.3, 0.4) is 0 Å². The first-order valence-electron chi connectivity index (χ1n) is 10.2. The zero-order valence-electron chi connectivity index (χ0n) is 18.6. The first-order valence-corrected chi connectivity index (χ1v) is 10.2. The molecule has 0 saturated carbocycles. The van der Waals surface area contributed by atoms with Crippen LogP contribution in [0.25, 0.3) is 11.3 Å². The van der Waals surface area contributed by atoms with Gasteiger partial charge in [-0.05, 0) is 63.9 Å². The molecule has 6 nitrogen and oxygen atoms in total. The van der Waals surface area contributed by atoms with Crippen molar-refractivity contribution in [2.45, 2.75) is 45.9 Å². The van der Waals surface area contributed by atoms with E-state index in [0.717, 1.165) is 12.1 Å². The molecule has 2 heterocycles. The molecule has 1 atom stereocenters. The van der Waals surface area contributed by atoms with E-state index >= 15 is 0 Å². The van der Waals surface area contributed by atoms with Crippen LogP contribution in [0.5, 0.6) is 5.75 Å². The minimum absolute atomic E-state index is 0.00626. The van der Waals surface area contributed by atoms with Gasteiger partial charge < -0.3 is 18.8 Å². The van der Waals surface area contributed by atoms with E-state index in [4.69, 9.17) is 13.9 Å². The second-order valence-corrected chi connectivity index (χ2v) is 8.81. The summed E-state index contributed by atoms with van der Waals surface area (Å²) in [6.07, 6.45) is -4.51. The highest BCUT2D eigenvalue weighted by Crippen LogP contribution is 2.39. The summed E-state index contributed by atoms with van der Waals surface area (Å²) in [6, 6.07) is 4.66. The number of hydrogen-bond donors (Lipinski definition) is 0. The van der Waals surface area contributed by atoms with E-state index in [9.17, 15) is 22.8 Å². The lowest BCUT2D eigenvalue weighted by atomic mass is 10.0. The molecule has 3 rings (SSSR count). The normalized spacial score (nSPS) is 16.9. The van der Waals surface area contributed by atoms with Crippen molar-refractivity contribution in [2.24, 2.45) is 5.92 Å². The van der Waals surface area contributed by atoms with Crippen molar-refractivity contribution in [1.82, 2.24) is 4.90 Å². The third-order valence-electron chi connectivity index (χ3n) is 5.14. The number of ketones is 1. The topological polar surface area (TPSA) is 69.0 Å². The quantitative estimate of drug-likeness (QED) is 0.554. The molecule has 1 saturated heterocycles. The van der Waals surface area contributed by atoms with Crippen LogP contribution in [0.15, 0.2) is 28.7 Å². The monoisotopic (exact) mass is 453 g/mol. The number of nitrogens with zero attached hydrogens (tertiary/aromatic N) is 1. The number of alkyl halides is 3. The molecule has 174 valence electrons. The predicted molar refractivity (Wildman–Crippen MR) is 111 cm³/mol. The molecule has 0 N–H and O–H groups in total. The Kier molecular flexibility index (Phi) is 6.31. The van der Waals surface area contributed by atoms with Crippen LogP contribution in [0.4, 0.5) is 18.0 Å². The van der Waals surface area contributed by atoms with Gasteiger partial charge >= 0.3 is 12.3 Å². The summed E-state index contributed by atoms with van der Waals surface area (Å²) in [5, 5.41) is 0. The maximum atomic E-state index is 13.0. The molecule has 0 aliphatic carbocycles. The molecule has 9 heteroatoms. The third-order valence-corrected chi connectivity index (χ3v) is 5.14. The first kappa shape index (κ1) is 23.7. The standard InChI is InChI=1S/C23H26F3NO5/c1-13-10-18(19(28)14-8-9-27(12-14)21(29)32-22(2,3)4)31-20(13)16-7-6-15(23(24,25)26)11-17(16)30-5/h6-7,10-11,14H,8-9,12H2,1-5H3/t14-/m1/s1. The number of Topliss-reactive ketones (excluding diaryl/α,β-unsaturated/α-hetero) is 1. The van der Waals surface area contributed by atoms with Gasteiger partial charge in [0.1, 0.15) is 17.1 Å². The number of carbonyl (C=O) groups is 2. The van der Waals surface area contributed by atoms with Crippen molar-refractivity contribution in [3.05, 3.63) is 41.2 Å². The lowest BCUT2D eigenvalue weighted by Crippen LogP contribution is -2.35. The summed E-state index contributed by atoms with van der Waals surface area (Å²) >= 11 is 0. The van der Waals surface area contributed by atoms with Crippen molar-refractivity contribution in [3.63, 3.8) is 0 Å². The van der Waals surface area contributed by atoms with Crippen molar-refractivity contribution in [1.29, 1.82) is 0 Å². The molecule has 0 radical (unpaired) electrons. The highest BCUT2D eigenvalue weighted by molar-refractivity contribution is 5.97. The highest BCUT2D eigenvalue weighted by atomic mass is 19.4. The number of likely N-dealkylation sites (tertiary alicyclic amines) is 1. The molecule has 2 aromatic rings. The van der Waals surface area contributed by atoms with E-state index in [0.29, 0.717) is 24.1 Å². The average molecular weight is 453 g/mol. The Hall–Kier alpha value is -2.97. The Morgan fingerprint density at radius 1 is 1.16 bits per heavy atom. The van der Waals surface area contributed by atoms with E-state index < -0.39 is 29.4 Å². The van der Waals surface area contributed by atoms with Crippen molar-refractivity contribution in [2.75, 3.05) is 20.2 Å². The number of ether oxygens (including phenoxy) is 2. The zero-order valence-corrected chi connectivity index (χ0v) is 18.6. The van der Waals surface area contributed by atoms with Crippen LogP contribution < -0.4 is 4.74 Å². The van der Waals surface area contributed by atoms with Gasteiger partial charge in [-0.1, -0.05) is 0 Å². The van der Waals surface area contributed by atoms with Crippen LogP contribution in [-0.4, -0.2) is 42.6 Å². The molecule has 0 unspecified atom stereocenters. The summed E-state index contributed by atoms with van der Waals surface area (Å²) < 4.78 is 55.3. The second-order valence-electron chi connectivity index (χ2n) is 8.81. The molecule has 1 fully saturated rings. The van der Waals surface area contributed by atoms with Crippen LogP contribution >= 0.6 is 0 Å². The van der Waals surface area contributed by atoms with Gasteiger partial charge in [-0.2, -0.15) is 13.2 Å². The van der Waals surface area contributed by atoms with Gasteiger partial charge in [-0.3, -0.25) is 4.79 Å². The summed E-state index contributed by atoms with van der Waals surface area (Å²) in [6.45, 7) is 7.62. The van der Waals surface area contributed by atoms with Gasteiger partial charge in [0.05, 0.1) is 18.2 Å². The number of methoxy groups -OCH3 is 1. The van der Waals surface area contributed by atoms with Crippen LogP contribution in [0.1, 0.15) is 48.9 Å². The largest absolute Gasteiger partial charge is 0.496 e. The summed E-state index contributed by atoms with van der Waals surface area (Å²) in [5.74, 6) is -0.364. The number of furan rings is 1. The third kappa shape index (κ3) is 5.08. The van der Waals surface area contributed by atoms with E-state index in [1.807, 2.05) is 0 Å². The van der Waals surface area contributed by atoms with Gasteiger partial charge in [0.25, 0.3) is 0 Å². The Morgan fingerprint density at radius 3 is 2.44 bits per heavy atom. The molecule has 32 heavy (non-hydrogen) atoms. The van der Waals surface area contributed by atoms with Crippen LogP contribution in [0, 0.1) is 12.8 Å². The SMILES string of the molecule is COc1cc(C(F)(F)F)ccc1-c1oc(C(=O)[C@@H]2CCN(C(=O)OC(C)(C)C)C2)cc1C. The van der Waals surface area contributed by atoms with Gasteiger partial charge in [0.15, 0.2) is 5.76 Å². The fraction of sp³-hybridized carbons (Fsp3) is 0.478. The lowest BCUT2D eigenvalue weighted by molar-refractivity contribution is -0.137. The number of hydrogen-bond acceptors (Lipinski definition) is 5. The number of carbonyl (C=O) groups excluding carboxylic acids is 2. The average Bonchev–Trinajstić information content (AvgIpc) is 3.32. The van der Waals surface area contributed by atoms with Gasteiger partial charge in [0.2, 0.25) is 5.78 Å². The number of benzene rings is 1. The number of aryl methyl sites for hydroxylation is 1. The van der Waals surface area contributed by atoms with E-state index in [2.05, 4.69) is 0 Å². The van der Waals surface area contributed by atoms with Crippen molar-refractivity contribution < 1.29 is 36.7 Å². The Labute approximate surface area is 184 Å². The van der Waals surface area contributed by atoms with Crippen LogP contribution in [-0.2, 0) is 10.9 Å². The number of amides is 1. The minimum atomic E-state index is -4.51. The van der Waals surface area contributed by atoms with Crippen molar-refractivity contribution in [3.8, 4) is 17.1 Å². The second kappa shape index (κ2) is 8.52. The zero-order chi connectivity index (χ0) is 23.8. The van der Waals surface area contributed by atoms with Gasteiger partial charge in [0, 0.05) is 19.0 Å². The number of rotatable bonds is 4. The maximum absolute atomic E-state index is 13.0. The smallest absolute Gasteiger partial charge is 0.416 e. The fourth-order valence-electron chi connectivity index (χ4n) is 3.59. The molecule has 1 amide bonds. The summed E-state index contributed by atoms with van der Waals surface area (Å²) in [4.78, 5) is 26.7. The predicted octanol–water partition coefficient (Wildman–Crippen LogP) is 5.72. The Bertz CT molecular complexity index is 1020. The summed E-state index contributed by atoms with van der Waals surface area (Å²) in [7, 11) is 1.27. The molecule has 1 aromatic carbocycles. The fourth-order valence-corrected chi connectivity index (χ4v) is 3.59.